The first kappa shape index (κ1) is 8.86. The zero-order chi connectivity index (χ0) is 8.81. The normalized spacial score (nSPS) is 10.4. The van der Waals surface area contributed by atoms with Gasteiger partial charge in [0.15, 0.2) is 0 Å². The summed E-state index contributed by atoms with van der Waals surface area (Å²) in [5.41, 5.74) is 2.16. The summed E-state index contributed by atoms with van der Waals surface area (Å²) < 4.78 is 5.02. The lowest BCUT2D eigenvalue weighted by molar-refractivity contribution is 0.261. The predicted molar refractivity (Wildman–Crippen MR) is 48.4 cm³/mol. The highest BCUT2D eigenvalue weighted by Gasteiger charge is 1.90. The minimum Gasteiger partial charge on any atom is -0.469 e. The second-order valence-electron chi connectivity index (χ2n) is 2.01. The number of carbonyl (C=O) groups is 1. The maximum atomic E-state index is 10.2. The van der Waals surface area contributed by atoms with Crippen molar-refractivity contribution in [2.75, 3.05) is 0 Å². The molecule has 0 radical (unpaired) electrons. The maximum absolute atomic E-state index is 10.2. The van der Waals surface area contributed by atoms with Crippen molar-refractivity contribution in [3.8, 4) is 0 Å². The Morgan fingerprint density at radius 2 is 2.67 bits per heavy atom. The van der Waals surface area contributed by atoms with Crippen LogP contribution < -0.4 is 5.43 Å². The Hall–Kier alpha value is -1.23. The van der Waals surface area contributed by atoms with Gasteiger partial charge in [-0.25, -0.2) is 5.43 Å². The van der Waals surface area contributed by atoms with E-state index in [1.54, 1.807) is 12.3 Å². The lowest BCUT2D eigenvalue weighted by atomic mass is 10.3. The van der Waals surface area contributed by atoms with Gasteiger partial charge in [-0.2, -0.15) is 5.10 Å². The molecule has 0 fully saturated rings. The number of nitrogens with one attached hydrogen (secondary N) is 1. The van der Waals surface area contributed by atoms with Gasteiger partial charge in [-0.05, 0) is 12.1 Å². The Labute approximate surface area is 75.1 Å². The molecule has 12 heavy (non-hydrogen) atoms. The van der Waals surface area contributed by atoms with Crippen LogP contribution in [0.15, 0.2) is 27.9 Å². The molecule has 1 rings (SSSR count). The van der Waals surface area contributed by atoms with E-state index in [-0.39, 0.29) is 0 Å². The molecule has 1 aromatic rings. The molecular formula is C7H8N2O2S. The monoisotopic (exact) mass is 184 g/mol. The summed E-state index contributed by atoms with van der Waals surface area (Å²) in [5, 5.41) is 3.10. The molecule has 0 aliphatic rings. The number of thiol groups is 1. The number of carbonyl (C=O) groups excluding carboxylic acids is 1. The predicted octanol–water partition coefficient (Wildman–Crippen LogP) is 1.45. The standard InChI is InChI=1S/C7H8N2O2S/c10-7(12)9-8-4-3-6-2-1-5-11-6/h1-2,4-5H,3H2,(H2,9,10,12). The number of nitrogens with zero attached hydrogens (tertiary/aromatic N) is 1. The van der Waals surface area contributed by atoms with Crippen LogP contribution in [-0.2, 0) is 6.42 Å². The summed E-state index contributed by atoms with van der Waals surface area (Å²) in [6.07, 6.45) is 3.67. The van der Waals surface area contributed by atoms with Crippen LogP contribution in [0.5, 0.6) is 0 Å². The number of furan rings is 1. The Morgan fingerprint density at radius 3 is 3.25 bits per heavy atom. The second-order valence-corrected chi connectivity index (χ2v) is 2.42. The zero-order valence-electron chi connectivity index (χ0n) is 6.23. The molecule has 1 heterocycles. The molecule has 0 aromatic carbocycles. The van der Waals surface area contributed by atoms with Crippen molar-refractivity contribution in [1.82, 2.24) is 5.43 Å². The molecule has 0 atom stereocenters. The topological polar surface area (TPSA) is 54.6 Å². The Balaban J connectivity index is 2.26. The van der Waals surface area contributed by atoms with E-state index in [4.69, 9.17) is 4.42 Å². The van der Waals surface area contributed by atoms with Crippen LogP contribution in [0, 0.1) is 0 Å². The van der Waals surface area contributed by atoms with Gasteiger partial charge in [0.1, 0.15) is 5.76 Å². The fourth-order valence-corrected chi connectivity index (χ4v) is 0.723. The fourth-order valence-electron chi connectivity index (χ4n) is 0.665. The molecule has 0 spiro atoms. The number of rotatable bonds is 3. The lowest BCUT2D eigenvalue weighted by Gasteiger charge is -1.89. The largest absolute Gasteiger partial charge is 0.469 e. The van der Waals surface area contributed by atoms with Crippen molar-refractivity contribution in [3.63, 3.8) is 0 Å². The third-order valence-electron chi connectivity index (χ3n) is 1.12. The molecule has 0 aliphatic heterocycles. The van der Waals surface area contributed by atoms with Gasteiger partial charge in [0.2, 0.25) is 0 Å². The number of amides is 1. The quantitative estimate of drug-likeness (QED) is 0.424. The van der Waals surface area contributed by atoms with E-state index in [2.05, 4.69) is 23.2 Å². The van der Waals surface area contributed by atoms with E-state index in [0.717, 1.165) is 5.76 Å². The van der Waals surface area contributed by atoms with Gasteiger partial charge in [-0.1, -0.05) is 12.6 Å². The van der Waals surface area contributed by atoms with Gasteiger partial charge in [0.05, 0.1) is 6.26 Å². The smallest absolute Gasteiger partial charge is 0.296 e. The summed E-state index contributed by atoms with van der Waals surface area (Å²) >= 11 is 3.46. The Kier molecular flexibility index (Phi) is 3.40. The van der Waals surface area contributed by atoms with E-state index >= 15 is 0 Å². The lowest BCUT2D eigenvalue weighted by Crippen LogP contribution is -2.08. The van der Waals surface area contributed by atoms with Gasteiger partial charge in [0.25, 0.3) is 5.24 Å². The maximum Gasteiger partial charge on any atom is 0.296 e. The summed E-state index contributed by atoms with van der Waals surface area (Å²) in [6.45, 7) is 0. The molecule has 0 saturated heterocycles. The minimum absolute atomic E-state index is 0.481. The van der Waals surface area contributed by atoms with Crippen LogP contribution in [0.3, 0.4) is 0 Å². The molecule has 64 valence electrons. The van der Waals surface area contributed by atoms with E-state index < -0.39 is 5.24 Å². The van der Waals surface area contributed by atoms with Crippen molar-refractivity contribution in [2.45, 2.75) is 6.42 Å². The molecule has 1 aromatic heterocycles. The molecule has 5 heteroatoms. The van der Waals surface area contributed by atoms with E-state index in [1.165, 1.54) is 6.21 Å². The van der Waals surface area contributed by atoms with Crippen LogP contribution in [-0.4, -0.2) is 11.5 Å². The molecule has 0 saturated carbocycles. The SMILES string of the molecule is O=C(S)NN=CCc1ccco1. The molecule has 0 aliphatic carbocycles. The average Bonchev–Trinajstić information content (AvgIpc) is 2.49. The first-order valence-corrected chi connectivity index (χ1v) is 3.76. The summed E-state index contributed by atoms with van der Waals surface area (Å²) in [5.74, 6) is 0.798. The van der Waals surface area contributed by atoms with Gasteiger partial charge >= 0.3 is 0 Å². The van der Waals surface area contributed by atoms with Gasteiger partial charge in [-0.15, -0.1) is 0 Å². The van der Waals surface area contributed by atoms with Gasteiger partial charge in [-0.3, -0.25) is 4.79 Å². The van der Waals surface area contributed by atoms with Crippen LogP contribution in [0.1, 0.15) is 5.76 Å². The molecule has 1 N–H and O–H groups in total. The highest BCUT2D eigenvalue weighted by atomic mass is 32.1. The molecule has 0 unspecified atom stereocenters. The summed E-state index contributed by atoms with van der Waals surface area (Å²) in [7, 11) is 0. The van der Waals surface area contributed by atoms with Crippen molar-refractivity contribution < 1.29 is 9.21 Å². The van der Waals surface area contributed by atoms with Crippen molar-refractivity contribution in [1.29, 1.82) is 0 Å². The number of hydrogen-bond donors (Lipinski definition) is 2. The number of hydrogen-bond acceptors (Lipinski definition) is 3. The third-order valence-corrected chi connectivity index (χ3v) is 1.22. The highest BCUT2D eigenvalue weighted by Crippen LogP contribution is 1.98. The molecular weight excluding hydrogens is 176 g/mol. The highest BCUT2D eigenvalue weighted by molar-refractivity contribution is 7.96. The Morgan fingerprint density at radius 1 is 1.83 bits per heavy atom. The Bertz CT molecular complexity index is 269. The first-order valence-electron chi connectivity index (χ1n) is 3.32. The molecule has 0 bridgehead atoms. The van der Waals surface area contributed by atoms with E-state index in [9.17, 15) is 4.79 Å². The van der Waals surface area contributed by atoms with Gasteiger partial charge < -0.3 is 4.42 Å². The average molecular weight is 184 g/mol. The third kappa shape index (κ3) is 3.25. The van der Waals surface area contributed by atoms with Crippen LogP contribution in [0.4, 0.5) is 4.79 Å². The minimum atomic E-state index is -0.481. The molecule has 4 nitrogen and oxygen atoms in total. The summed E-state index contributed by atoms with van der Waals surface area (Å²) in [4.78, 5) is 10.2. The second kappa shape index (κ2) is 4.61. The van der Waals surface area contributed by atoms with Gasteiger partial charge in [0, 0.05) is 12.6 Å². The van der Waals surface area contributed by atoms with E-state index in [1.807, 2.05) is 6.07 Å². The first-order chi connectivity index (χ1) is 5.79. The summed E-state index contributed by atoms with van der Waals surface area (Å²) in [6, 6.07) is 3.62. The van der Waals surface area contributed by atoms with Crippen molar-refractivity contribution in [2.24, 2.45) is 5.10 Å². The van der Waals surface area contributed by atoms with Crippen molar-refractivity contribution in [3.05, 3.63) is 24.2 Å². The van der Waals surface area contributed by atoms with Crippen LogP contribution in [0.2, 0.25) is 0 Å². The molecule has 1 amide bonds. The zero-order valence-corrected chi connectivity index (χ0v) is 7.12. The van der Waals surface area contributed by atoms with Crippen LogP contribution in [0.25, 0.3) is 0 Å². The van der Waals surface area contributed by atoms with Crippen molar-refractivity contribution >= 4 is 24.1 Å². The van der Waals surface area contributed by atoms with E-state index in [0.29, 0.717) is 6.42 Å². The number of hydrazone groups is 1. The van der Waals surface area contributed by atoms with Crippen LogP contribution >= 0.6 is 12.6 Å². The fraction of sp³-hybridized carbons (Fsp3) is 0.143.